The Morgan fingerprint density at radius 2 is 1.86 bits per heavy atom. The summed E-state index contributed by atoms with van der Waals surface area (Å²) < 4.78 is 29.0. The van der Waals surface area contributed by atoms with E-state index in [1.807, 2.05) is 17.9 Å². The molecule has 1 aromatic heterocycles. The molecule has 0 amide bonds. The highest BCUT2D eigenvalue weighted by Gasteiger charge is 2.16. The molecule has 3 rings (SSSR count). The third-order valence-corrected chi connectivity index (χ3v) is 4.56. The van der Waals surface area contributed by atoms with Crippen molar-refractivity contribution in [3.05, 3.63) is 54.2 Å². The second-order valence-electron chi connectivity index (χ2n) is 6.03. The van der Waals surface area contributed by atoms with E-state index in [0.717, 1.165) is 5.56 Å². The molecule has 0 spiro atoms. The van der Waals surface area contributed by atoms with Gasteiger partial charge in [-0.25, -0.2) is 4.39 Å². The van der Waals surface area contributed by atoms with E-state index >= 15 is 0 Å². The zero-order valence-corrected chi connectivity index (χ0v) is 17.1. The van der Waals surface area contributed by atoms with Gasteiger partial charge in [-0.05, 0) is 61.6 Å². The van der Waals surface area contributed by atoms with Gasteiger partial charge in [-0.2, -0.15) is 4.98 Å². The molecule has 0 atom stereocenters. The Morgan fingerprint density at radius 1 is 1.14 bits per heavy atom. The zero-order chi connectivity index (χ0) is 20.8. The van der Waals surface area contributed by atoms with Crippen LogP contribution in [0.4, 0.5) is 10.1 Å². The summed E-state index contributed by atoms with van der Waals surface area (Å²) in [6.07, 6.45) is 0. The molecular weight excluding hydrogens is 395 g/mol. The molecule has 7 nitrogen and oxygen atoms in total. The molecule has 2 aromatic carbocycles. The maximum absolute atomic E-state index is 13.1. The second kappa shape index (κ2) is 9.33. The molecule has 0 aliphatic rings. The zero-order valence-electron chi connectivity index (χ0n) is 16.3. The number of nitrogens with zero attached hydrogens (tertiary/aromatic N) is 3. The summed E-state index contributed by atoms with van der Waals surface area (Å²) in [7, 11) is 3.14. The molecular formula is C20H21FN4O3S. The Balaban J connectivity index is 1.70. The lowest BCUT2D eigenvalue weighted by Crippen LogP contribution is -2.34. The molecule has 29 heavy (non-hydrogen) atoms. The summed E-state index contributed by atoms with van der Waals surface area (Å²) in [5.74, 6) is 1.75. The van der Waals surface area contributed by atoms with Crippen molar-refractivity contribution in [2.45, 2.75) is 13.5 Å². The van der Waals surface area contributed by atoms with Gasteiger partial charge in [0, 0.05) is 17.8 Å². The number of methoxy groups -OCH3 is 2. The Morgan fingerprint density at radius 3 is 2.52 bits per heavy atom. The van der Waals surface area contributed by atoms with Crippen LogP contribution in [0.1, 0.15) is 12.8 Å². The number of rotatable bonds is 7. The molecule has 0 saturated carbocycles. The quantitative estimate of drug-likeness (QED) is 0.577. The molecule has 1 heterocycles. The van der Waals surface area contributed by atoms with Crippen molar-refractivity contribution in [1.29, 1.82) is 0 Å². The minimum absolute atomic E-state index is 0.303. The van der Waals surface area contributed by atoms with Gasteiger partial charge < -0.3 is 24.2 Å². The molecule has 152 valence electrons. The fraction of sp³-hybridized carbons (Fsp3) is 0.250. The lowest BCUT2D eigenvalue weighted by atomic mass is 10.2. The number of hydrogen-bond donors (Lipinski definition) is 1. The van der Waals surface area contributed by atoms with Crippen molar-refractivity contribution >= 4 is 23.0 Å². The van der Waals surface area contributed by atoms with Gasteiger partial charge in [0.15, 0.2) is 16.6 Å². The SMILES string of the molecule is CCN(Cc1nc(-c2ccc(OC)c(OC)c2)no1)C(=S)Nc1ccc(F)cc1. The number of thiocarbonyl (C=S) groups is 1. The van der Waals surface area contributed by atoms with Gasteiger partial charge in [0.25, 0.3) is 0 Å². The molecule has 0 unspecified atom stereocenters. The Labute approximate surface area is 173 Å². The van der Waals surface area contributed by atoms with E-state index in [1.54, 1.807) is 38.5 Å². The van der Waals surface area contributed by atoms with Crippen molar-refractivity contribution in [1.82, 2.24) is 15.0 Å². The van der Waals surface area contributed by atoms with E-state index in [1.165, 1.54) is 12.1 Å². The van der Waals surface area contributed by atoms with Crippen LogP contribution >= 0.6 is 12.2 Å². The molecule has 0 radical (unpaired) electrons. The van der Waals surface area contributed by atoms with Gasteiger partial charge in [0.05, 0.1) is 20.8 Å². The molecule has 1 N–H and O–H groups in total. The molecule has 0 bridgehead atoms. The fourth-order valence-corrected chi connectivity index (χ4v) is 2.95. The molecule has 0 fully saturated rings. The summed E-state index contributed by atoms with van der Waals surface area (Å²) in [5.41, 5.74) is 1.44. The third kappa shape index (κ3) is 5.00. The first-order valence-electron chi connectivity index (χ1n) is 8.90. The smallest absolute Gasteiger partial charge is 0.246 e. The average molecular weight is 416 g/mol. The fourth-order valence-electron chi connectivity index (χ4n) is 2.64. The van der Waals surface area contributed by atoms with Gasteiger partial charge in [0.2, 0.25) is 11.7 Å². The van der Waals surface area contributed by atoms with E-state index in [0.29, 0.717) is 47.1 Å². The number of hydrogen-bond acceptors (Lipinski definition) is 6. The lowest BCUT2D eigenvalue weighted by molar-refractivity contribution is 0.320. The highest BCUT2D eigenvalue weighted by Crippen LogP contribution is 2.31. The van der Waals surface area contributed by atoms with Crippen LogP contribution < -0.4 is 14.8 Å². The first-order chi connectivity index (χ1) is 14.0. The monoisotopic (exact) mass is 416 g/mol. The first-order valence-corrected chi connectivity index (χ1v) is 9.31. The maximum Gasteiger partial charge on any atom is 0.246 e. The van der Waals surface area contributed by atoms with Crippen LogP contribution in [0.3, 0.4) is 0 Å². The number of nitrogens with one attached hydrogen (secondary N) is 1. The van der Waals surface area contributed by atoms with E-state index in [4.69, 9.17) is 26.2 Å². The van der Waals surface area contributed by atoms with E-state index in [-0.39, 0.29) is 5.82 Å². The summed E-state index contributed by atoms with van der Waals surface area (Å²) in [5, 5.41) is 7.60. The van der Waals surface area contributed by atoms with Gasteiger partial charge in [-0.15, -0.1) is 0 Å². The van der Waals surface area contributed by atoms with Crippen molar-refractivity contribution in [3.8, 4) is 22.9 Å². The number of anilines is 1. The van der Waals surface area contributed by atoms with Crippen molar-refractivity contribution in [2.24, 2.45) is 0 Å². The Bertz CT molecular complexity index is 978. The normalized spacial score (nSPS) is 10.5. The predicted octanol–water partition coefficient (Wildman–Crippen LogP) is 4.11. The summed E-state index contributed by atoms with van der Waals surface area (Å²) in [6.45, 7) is 2.93. The van der Waals surface area contributed by atoms with Crippen LogP contribution in [-0.4, -0.2) is 40.9 Å². The van der Waals surface area contributed by atoms with Crippen LogP contribution in [0, 0.1) is 5.82 Å². The first kappa shape index (κ1) is 20.5. The minimum atomic E-state index is -0.303. The van der Waals surface area contributed by atoms with E-state index in [2.05, 4.69) is 15.5 Å². The standard InChI is InChI=1S/C20H21FN4O3S/c1-4-25(20(29)22-15-8-6-14(21)7-9-15)12-18-23-19(24-28-18)13-5-10-16(26-2)17(11-13)27-3/h5-11H,4,12H2,1-3H3,(H,22,29). The highest BCUT2D eigenvalue weighted by atomic mass is 32.1. The molecule has 9 heteroatoms. The van der Waals surface area contributed by atoms with Gasteiger partial charge in [-0.1, -0.05) is 5.16 Å². The maximum atomic E-state index is 13.1. The van der Waals surface area contributed by atoms with Crippen molar-refractivity contribution < 1.29 is 18.4 Å². The molecule has 0 aliphatic carbocycles. The van der Waals surface area contributed by atoms with Crippen molar-refractivity contribution in [3.63, 3.8) is 0 Å². The third-order valence-electron chi connectivity index (χ3n) is 4.20. The number of benzene rings is 2. The molecule has 0 saturated heterocycles. The summed E-state index contributed by atoms with van der Waals surface area (Å²) >= 11 is 5.45. The topological polar surface area (TPSA) is 72.7 Å². The Hall–Kier alpha value is -3.20. The average Bonchev–Trinajstić information content (AvgIpc) is 3.21. The number of ether oxygens (including phenoxy) is 2. The van der Waals surface area contributed by atoms with Crippen LogP contribution in [0.5, 0.6) is 11.5 Å². The van der Waals surface area contributed by atoms with Crippen molar-refractivity contribution in [2.75, 3.05) is 26.1 Å². The lowest BCUT2D eigenvalue weighted by Gasteiger charge is -2.22. The minimum Gasteiger partial charge on any atom is -0.493 e. The van der Waals surface area contributed by atoms with Crippen LogP contribution in [0.25, 0.3) is 11.4 Å². The second-order valence-corrected chi connectivity index (χ2v) is 6.42. The predicted molar refractivity (Wildman–Crippen MR) is 112 cm³/mol. The molecule has 0 aliphatic heterocycles. The molecule has 3 aromatic rings. The largest absolute Gasteiger partial charge is 0.493 e. The summed E-state index contributed by atoms with van der Waals surface area (Å²) in [4.78, 5) is 6.31. The van der Waals surface area contributed by atoms with E-state index < -0.39 is 0 Å². The summed E-state index contributed by atoms with van der Waals surface area (Å²) in [6, 6.07) is 11.4. The van der Waals surface area contributed by atoms with Gasteiger partial charge in [-0.3, -0.25) is 0 Å². The van der Waals surface area contributed by atoms with Gasteiger partial charge >= 0.3 is 0 Å². The van der Waals surface area contributed by atoms with Crippen LogP contribution in [-0.2, 0) is 6.54 Å². The van der Waals surface area contributed by atoms with Crippen LogP contribution in [0.2, 0.25) is 0 Å². The van der Waals surface area contributed by atoms with Crippen LogP contribution in [0.15, 0.2) is 47.0 Å². The number of halogens is 1. The Kier molecular flexibility index (Phi) is 6.61. The van der Waals surface area contributed by atoms with Gasteiger partial charge in [0.1, 0.15) is 5.82 Å². The van der Waals surface area contributed by atoms with E-state index in [9.17, 15) is 4.39 Å². The highest BCUT2D eigenvalue weighted by molar-refractivity contribution is 7.80. The number of aromatic nitrogens is 2.